The summed E-state index contributed by atoms with van der Waals surface area (Å²) >= 11 is 2.86. The van der Waals surface area contributed by atoms with Gasteiger partial charge in [0.05, 0.1) is 25.4 Å². The highest BCUT2D eigenvalue weighted by atomic mass is 32.2. The summed E-state index contributed by atoms with van der Waals surface area (Å²) in [5.41, 5.74) is 0.493. The summed E-state index contributed by atoms with van der Waals surface area (Å²) in [4.78, 5) is 17.4. The van der Waals surface area contributed by atoms with Crippen molar-refractivity contribution in [1.29, 1.82) is 0 Å². The molecule has 4 fully saturated rings. The molecule has 254 valence electrons. The molecule has 4 saturated heterocycles. The van der Waals surface area contributed by atoms with Crippen molar-refractivity contribution in [2.75, 3.05) is 45.7 Å². The third-order valence-corrected chi connectivity index (χ3v) is 11.8. The number of aliphatic hydroxyl groups excluding tert-OH is 3. The molecule has 0 aliphatic carbocycles. The van der Waals surface area contributed by atoms with Crippen molar-refractivity contribution in [3.63, 3.8) is 0 Å². The van der Waals surface area contributed by atoms with E-state index < -0.39 is 41.9 Å². The standard InChI is InChI=1S/C33H53N3O7S2/c1-19(2)15-22-9-12-42-30-23(16-22)17-34-26(30)32(40)35-25(31-28(38)27(37)29(39)33(43-31)44-4)20(3)45-24-7-5-21(6-8-24)18-36-10-13-41-14-11-36/h5-8,19-20,22-23,25-31,33-34,37-39H,9-18H2,1-4H3,(H,35,40)/t20-,22-,23-,25+,26-,27-,28+,29+,30+,31+,33+/m0/s1. The molecular weight excluding hydrogens is 615 g/mol. The van der Waals surface area contributed by atoms with Gasteiger partial charge >= 0.3 is 0 Å². The molecule has 1 aromatic carbocycles. The van der Waals surface area contributed by atoms with Gasteiger partial charge < -0.3 is 40.2 Å². The average molecular weight is 668 g/mol. The second-order valence-electron chi connectivity index (χ2n) is 13.6. The van der Waals surface area contributed by atoms with Crippen molar-refractivity contribution in [2.45, 2.75) is 105 Å². The van der Waals surface area contributed by atoms with Crippen molar-refractivity contribution in [3.8, 4) is 0 Å². The molecule has 1 amide bonds. The van der Waals surface area contributed by atoms with Crippen LogP contribution in [0.4, 0.5) is 0 Å². The van der Waals surface area contributed by atoms with Gasteiger partial charge in [0.25, 0.3) is 0 Å². The first-order valence-corrected chi connectivity index (χ1v) is 18.7. The second-order valence-corrected chi connectivity index (χ2v) is 16.0. The number of ether oxygens (including phenoxy) is 3. The summed E-state index contributed by atoms with van der Waals surface area (Å²) < 4.78 is 18.0. The van der Waals surface area contributed by atoms with Crippen molar-refractivity contribution >= 4 is 29.4 Å². The van der Waals surface area contributed by atoms with Crippen molar-refractivity contribution in [1.82, 2.24) is 15.5 Å². The number of carbonyl (C=O) groups excluding carboxylic acids is 1. The van der Waals surface area contributed by atoms with Crippen LogP contribution in [-0.2, 0) is 25.5 Å². The second kappa shape index (κ2) is 16.5. The summed E-state index contributed by atoms with van der Waals surface area (Å²) in [6, 6.07) is 7.28. The molecule has 0 bridgehead atoms. The zero-order valence-corrected chi connectivity index (χ0v) is 28.7. The molecule has 11 atom stereocenters. The number of fused-ring (bicyclic) bond motifs is 1. The lowest BCUT2D eigenvalue weighted by molar-refractivity contribution is -0.205. The Hall–Kier alpha value is -0.930. The number of amides is 1. The number of nitrogens with zero attached hydrogens (tertiary/aromatic N) is 1. The smallest absolute Gasteiger partial charge is 0.240 e. The Bertz CT molecular complexity index is 1080. The van der Waals surface area contributed by atoms with Gasteiger partial charge in [-0.3, -0.25) is 9.69 Å². The number of aliphatic hydroxyl groups is 3. The molecule has 0 saturated carbocycles. The molecular formula is C33H53N3O7S2. The van der Waals surface area contributed by atoms with Gasteiger partial charge in [-0.15, -0.1) is 23.5 Å². The largest absolute Gasteiger partial charge is 0.388 e. The third kappa shape index (κ3) is 8.95. The minimum absolute atomic E-state index is 0.194. The number of rotatable bonds is 11. The van der Waals surface area contributed by atoms with Crippen LogP contribution in [0, 0.1) is 17.8 Å². The Morgan fingerprint density at radius 3 is 2.49 bits per heavy atom. The fourth-order valence-electron chi connectivity index (χ4n) is 7.34. The van der Waals surface area contributed by atoms with Crippen LogP contribution in [0.5, 0.6) is 0 Å². The van der Waals surface area contributed by atoms with Crippen LogP contribution >= 0.6 is 23.5 Å². The summed E-state index contributed by atoms with van der Waals surface area (Å²) in [5, 5.41) is 38.8. The van der Waals surface area contributed by atoms with Crippen molar-refractivity contribution < 1.29 is 34.3 Å². The van der Waals surface area contributed by atoms with Crippen LogP contribution in [0.15, 0.2) is 29.2 Å². The molecule has 5 rings (SSSR count). The number of morpholine rings is 1. The molecule has 10 nitrogen and oxygen atoms in total. The maximum Gasteiger partial charge on any atom is 0.240 e. The van der Waals surface area contributed by atoms with Crippen LogP contribution in [0.2, 0.25) is 0 Å². The molecule has 45 heavy (non-hydrogen) atoms. The summed E-state index contributed by atoms with van der Waals surface area (Å²) in [5.74, 6) is 1.29. The normalized spacial score (nSPS) is 35.9. The van der Waals surface area contributed by atoms with Crippen LogP contribution in [0.3, 0.4) is 0 Å². The van der Waals surface area contributed by atoms with E-state index in [2.05, 4.69) is 53.6 Å². The van der Waals surface area contributed by atoms with E-state index in [4.69, 9.17) is 14.2 Å². The quantitative estimate of drug-likeness (QED) is 0.222. The fourth-order valence-corrected chi connectivity index (χ4v) is 9.11. The maximum atomic E-state index is 14.0. The average Bonchev–Trinajstić information content (AvgIpc) is 3.31. The van der Waals surface area contributed by atoms with E-state index >= 15 is 0 Å². The van der Waals surface area contributed by atoms with Gasteiger partial charge in [0.1, 0.15) is 35.9 Å². The molecule has 0 radical (unpaired) electrons. The first-order chi connectivity index (χ1) is 21.6. The predicted octanol–water partition coefficient (Wildman–Crippen LogP) is 2.08. The Morgan fingerprint density at radius 1 is 1.07 bits per heavy atom. The van der Waals surface area contributed by atoms with E-state index in [0.717, 1.165) is 63.6 Å². The monoisotopic (exact) mass is 667 g/mol. The highest BCUT2D eigenvalue weighted by Crippen LogP contribution is 2.36. The number of thioether (sulfide) groups is 2. The van der Waals surface area contributed by atoms with Crippen LogP contribution < -0.4 is 10.6 Å². The summed E-state index contributed by atoms with van der Waals surface area (Å²) in [7, 11) is 0. The third-order valence-electron chi connectivity index (χ3n) is 9.72. The molecule has 4 aliphatic rings. The fraction of sp³-hybridized carbons (Fsp3) is 0.788. The van der Waals surface area contributed by atoms with Crippen molar-refractivity contribution in [2.24, 2.45) is 17.8 Å². The number of carbonyl (C=O) groups is 1. The van der Waals surface area contributed by atoms with Gasteiger partial charge in [-0.2, -0.15) is 0 Å². The SMILES string of the molecule is CS[C@H]1O[C@H]([C@H](NC(=O)[C@H]2NC[C@@H]3C[C@H](CC(C)C)CCO[C@H]32)[C@H](C)Sc2ccc(CN3CCOCC3)cc2)[C@H](O)[C@H](O)[C@H]1O. The molecule has 4 aliphatic heterocycles. The number of hydrogen-bond acceptors (Lipinski definition) is 11. The Kier molecular flexibility index (Phi) is 12.9. The first kappa shape index (κ1) is 35.4. The van der Waals surface area contributed by atoms with Crippen LogP contribution in [0.25, 0.3) is 0 Å². The predicted molar refractivity (Wildman–Crippen MR) is 177 cm³/mol. The highest BCUT2D eigenvalue weighted by molar-refractivity contribution is 8.00. The van der Waals surface area contributed by atoms with Crippen LogP contribution in [-0.4, -0.2) is 125 Å². The molecule has 0 aromatic heterocycles. The van der Waals surface area contributed by atoms with E-state index in [1.807, 2.05) is 6.92 Å². The lowest BCUT2D eigenvalue weighted by Crippen LogP contribution is -2.65. The van der Waals surface area contributed by atoms with E-state index in [-0.39, 0.29) is 23.2 Å². The van der Waals surface area contributed by atoms with Crippen molar-refractivity contribution in [3.05, 3.63) is 29.8 Å². The van der Waals surface area contributed by atoms with Gasteiger partial charge in [-0.05, 0) is 61.0 Å². The summed E-state index contributed by atoms with van der Waals surface area (Å²) in [6.45, 7) is 12.1. The van der Waals surface area contributed by atoms with Gasteiger partial charge in [-0.1, -0.05) is 32.9 Å². The van der Waals surface area contributed by atoms with Gasteiger partial charge in [-0.25, -0.2) is 0 Å². The Balaban J connectivity index is 1.30. The van der Waals surface area contributed by atoms with E-state index in [9.17, 15) is 20.1 Å². The molecule has 4 heterocycles. The van der Waals surface area contributed by atoms with E-state index in [1.54, 1.807) is 18.0 Å². The minimum atomic E-state index is -1.39. The van der Waals surface area contributed by atoms with E-state index in [0.29, 0.717) is 18.4 Å². The van der Waals surface area contributed by atoms with Gasteiger partial charge in [0, 0.05) is 42.9 Å². The highest BCUT2D eigenvalue weighted by Gasteiger charge is 2.50. The zero-order valence-electron chi connectivity index (χ0n) is 27.0. The lowest BCUT2D eigenvalue weighted by Gasteiger charge is -2.44. The van der Waals surface area contributed by atoms with Crippen LogP contribution in [0.1, 0.15) is 45.6 Å². The molecule has 1 aromatic rings. The summed E-state index contributed by atoms with van der Waals surface area (Å²) in [6.07, 6.45) is -0.129. The number of nitrogens with one attached hydrogen (secondary N) is 2. The first-order valence-electron chi connectivity index (χ1n) is 16.6. The Labute approximate surface area is 276 Å². The molecule has 5 N–H and O–H groups in total. The number of hydrogen-bond donors (Lipinski definition) is 5. The number of benzene rings is 1. The molecule has 0 spiro atoms. The molecule has 0 unspecified atom stereocenters. The molecule has 12 heteroatoms. The topological polar surface area (TPSA) is 133 Å². The van der Waals surface area contributed by atoms with E-state index in [1.165, 1.54) is 17.3 Å². The zero-order chi connectivity index (χ0) is 32.1. The van der Waals surface area contributed by atoms with Gasteiger partial charge in [0.15, 0.2) is 0 Å². The van der Waals surface area contributed by atoms with Gasteiger partial charge in [0.2, 0.25) is 5.91 Å². The lowest BCUT2D eigenvalue weighted by atomic mass is 9.85. The minimum Gasteiger partial charge on any atom is -0.388 e. The maximum absolute atomic E-state index is 14.0. The Morgan fingerprint density at radius 2 is 1.80 bits per heavy atom.